The van der Waals surface area contributed by atoms with E-state index in [1.807, 2.05) is 0 Å². The zero-order chi connectivity index (χ0) is 15.2. The molecule has 1 atom stereocenters. The molecule has 0 bridgehead atoms. The molecule has 1 N–H and O–H groups in total. The van der Waals surface area contributed by atoms with Gasteiger partial charge in [0.05, 0.1) is 5.41 Å². The van der Waals surface area contributed by atoms with Gasteiger partial charge in [0.2, 0.25) is 0 Å². The molecular formula is C13H15N3O4S. The number of rotatable bonds is 2. The van der Waals surface area contributed by atoms with Gasteiger partial charge in [0, 0.05) is 31.6 Å². The van der Waals surface area contributed by atoms with Crippen LogP contribution in [-0.4, -0.2) is 50.3 Å². The van der Waals surface area contributed by atoms with Crippen molar-refractivity contribution in [3.63, 3.8) is 0 Å². The minimum Gasteiger partial charge on any atom is -0.481 e. The van der Waals surface area contributed by atoms with Crippen LogP contribution >= 0.6 is 11.8 Å². The number of nitrogens with zero attached hydrogens (tertiary/aromatic N) is 3. The lowest BCUT2D eigenvalue weighted by atomic mass is 9.90. The molecule has 0 radical (unpaired) electrons. The van der Waals surface area contributed by atoms with Crippen molar-refractivity contribution in [3.8, 4) is 0 Å². The Labute approximate surface area is 125 Å². The normalized spacial score (nSPS) is 24.1. The van der Waals surface area contributed by atoms with Crippen LogP contribution in [0.2, 0.25) is 0 Å². The van der Waals surface area contributed by atoms with Crippen molar-refractivity contribution >= 4 is 23.6 Å². The Balaban J connectivity index is 1.88. The molecule has 1 aromatic rings. The molecule has 0 aliphatic carbocycles. The first-order valence-corrected chi connectivity index (χ1v) is 7.66. The van der Waals surface area contributed by atoms with Crippen LogP contribution in [0.5, 0.6) is 0 Å². The first-order valence-electron chi connectivity index (χ1n) is 6.68. The summed E-state index contributed by atoms with van der Waals surface area (Å²) in [5, 5.41) is 9.84. The summed E-state index contributed by atoms with van der Waals surface area (Å²) in [6.07, 6.45) is 1.70. The van der Waals surface area contributed by atoms with Crippen LogP contribution in [0.15, 0.2) is 16.1 Å². The summed E-state index contributed by atoms with van der Waals surface area (Å²) < 4.78 is 1.50. The Morgan fingerprint density at radius 1 is 1.43 bits per heavy atom. The molecule has 0 spiro atoms. The number of carboxylic acid groups (broad SMARTS) is 1. The highest BCUT2D eigenvalue weighted by atomic mass is 32.2. The maximum absolute atomic E-state index is 12.5. The summed E-state index contributed by atoms with van der Waals surface area (Å²) in [4.78, 5) is 41.6. The summed E-state index contributed by atoms with van der Waals surface area (Å²) in [5.41, 5.74) is -1.25. The average Bonchev–Trinajstić information content (AvgIpc) is 3.06. The van der Waals surface area contributed by atoms with Crippen molar-refractivity contribution in [1.29, 1.82) is 0 Å². The maximum atomic E-state index is 12.5. The van der Waals surface area contributed by atoms with Gasteiger partial charge in [-0.05, 0) is 13.3 Å². The number of carboxylic acids is 1. The molecule has 1 saturated heterocycles. The highest BCUT2D eigenvalue weighted by Gasteiger charge is 2.42. The fraction of sp³-hybridized carbons (Fsp3) is 0.538. The summed E-state index contributed by atoms with van der Waals surface area (Å²) in [5.74, 6) is -0.566. The number of aliphatic carboxylic acids is 1. The van der Waals surface area contributed by atoms with Gasteiger partial charge in [-0.25, -0.2) is 4.98 Å². The SMILES string of the molecule is CC1(C(=O)O)CCN(C(=O)c2cnc3n(c2=O)CCS3)C1. The third-order valence-corrected chi connectivity index (χ3v) is 5.03. The molecule has 0 saturated carbocycles. The van der Waals surface area contributed by atoms with Gasteiger partial charge in [-0.15, -0.1) is 0 Å². The molecule has 7 nitrogen and oxygen atoms in total. The summed E-state index contributed by atoms with van der Waals surface area (Å²) >= 11 is 1.49. The number of thioether (sulfide) groups is 1. The fourth-order valence-corrected chi connectivity index (χ4v) is 3.56. The predicted octanol–water partition coefficient (Wildman–Crippen LogP) is 0.286. The number of hydrogen-bond donors (Lipinski definition) is 1. The Morgan fingerprint density at radius 2 is 2.19 bits per heavy atom. The Bertz CT molecular complexity index is 686. The zero-order valence-electron chi connectivity index (χ0n) is 11.5. The molecule has 1 fully saturated rings. The van der Waals surface area contributed by atoms with E-state index in [1.54, 1.807) is 6.92 Å². The third-order valence-electron chi connectivity index (χ3n) is 4.06. The Hall–Kier alpha value is -1.83. The lowest BCUT2D eigenvalue weighted by Gasteiger charge is -2.20. The van der Waals surface area contributed by atoms with Gasteiger partial charge in [-0.3, -0.25) is 19.0 Å². The van der Waals surface area contributed by atoms with Gasteiger partial charge >= 0.3 is 5.97 Å². The first kappa shape index (κ1) is 14.1. The van der Waals surface area contributed by atoms with Crippen molar-refractivity contribution in [2.75, 3.05) is 18.8 Å². The lowest BCUT2D eigenvalue weighted by molar-refractivity contribution is -0.147. The van der Waals surface area contributed by atoms with Crippen LogP contribution in [-0.2, 0) is 11.3 Å². The molecule has 1 amide bonds. The molecular weight excluding hydrogens is 294 g/mol. The van der Waals surface area contributed by atoms with Crippen molar-refractivity contribution < 1.29 is 14.7 Å². The Morgan fingerprint density at radius 3 is 2.86 bits per heavy atom. The molecule has 1 unspecified atom stereocenters. The minimum absolute atomic E-state index is 0.0240. The number of aromatic nitrogens is 2. The van der Waals surface area contributed by atoms with E-state index in [1.165, 1.54) is 27.4 Å². The summed E-state index contributed by atoms with van der Waals surface area (Å²) in [7, 11) is 0. The molecule has 8 heteroatoms. The smallest absolute Gasteiger partial charge is 0.311 e. The summed E-state index contributed by atoms with van der Waals surface area (Å²) in [6, 6.07) is 0. The second kappa shape index (κ2) is 4.87. The number of carbonyl (C=O) groups excluding carboxylic acids is 1. The van der Waals surface area contributed by atoms with Gasteiger partial charge in [0.15, 0.2) is 5.16 Å². The summed E-state index contributed by atoms with van der Waals surface area (Å²) in [6.45, 7) is 2.64. The van der Waals surface area contributed by atoms with Crippen LogP contribution < -0.4 is 5.56 Å². The second-order valence-electron chi connectivity index (χ2n) is 5.60. The first-order chi connectivity index (χ1) is 9.92. The molecule has 21 heavy (non-hydrogen) atoms. The second-order valence-corrected chi connectivity index (χ2v) is 6.66. The largest absolute Gasteiger partial charge is 0.481 e. The van der Waals surface area contributed by atoms with E-state index in [0.717, 1.165) is 5.75 Å². The quantitative estimate of drug-likeness (QED) is 0.789. The lowest BCUT2D eigenvalue weighted by Crippen LogP contribution is -2.38. The van der Waals surface area contributed by atoms with Crippen molar-refractivity contribution in [1.82, 2.24) is 14.5 Å². The number of likely N-dealkylation sites (tertiary alicyclic amines) is 1. The maximum Gasteiger partial charge on any atom is 0.311 e. The predicted molar refractivity (Wildman–Crippen MR) is 75.5 cm³/mol. The van der Waals surface area contributed by atoms with Gasteiger partial charge in [0.1, 0.15) is 5.56 Å². The zero-order valence-corrected chi connectivity index (χ0v) is 12.4. The topological polar surface area (TPSA) is 92.5 Å². The van der Waals surface area contributed by atoms with Crippen LogP contribution in [0.25, 0.3) is 0 Å². The number of amides is 1. The molecule has 2 aliphatic heterocycles. The van der Waals surface area contributed by atoms with Crippen LogP contribution in [0.1, 0.15) is 23.7 Å². The highest BCUT2D eigenvalue weighted by molar-refractivity contribution is 7.99. The van der Waals surface area contributed by atoms with E-state index < -0.39 is 17.3 Å². The monoisotopic (exact) mass is 309 g/mol. The fourth-order valence-electron chi connectivity index (χ4n) is 2.64. The standard InChI is InChI=1S/C13H15N3O4S/c1-13(11(19)20)2-3-15(7-13)9(17)8-6-14-12-16(10(8)18)4-5-21-12/h6H,2-5,7H2,1H3,(H,19,20). The van der Waals surface area contributed by atoms with E-state index in [-0.39, 0.29) is 17.7 Å². The minimum atomic E-state index is -0.939. The number of hydrogen-bond acceptors (Lipinski definition) is 5. The van der Waals surface area contributed by atoms with Crippen molar-refractivity contribution in [2.45, 2.75) is 25.0 Å². The van der Waals surface area contributed by atoms with E-state index in [9.17, 15) is 19.5 Å². The van der Waals surface area contributed by atoms with Crippen molar-refractivity contribution in [3.05, 3.63) is 22.1 Å². The molecule has 3 heterocycles. The number of carbonyl (C=O) groups is 2. The van der Waals surface area contributed by atoms with Gasteiger partial charge in [0.25, 0.3) is 11.5 Å². The van der Waals surface area contributed by atoms with Crippen LogP contribution in [0.3, 0.4) is 0 Å². The van der Waals surface area contributed by atoms with Gasteiger partial charge < -0.3 is 10.0 Å². The molecule has 112 valence electrons. The molecule has 3 rings (SSSR count). The Kier molecular flexibility index (Phi) is 3.27. The van der Waals surface area contributed by atoms with Gasteiger partial charge in [-0.2, -0.15) is 0 Å². The van der Waals surface area contributed by atoms with E-state index in [0.29, 0.717) is 24.7 Å². The van der Waals surface area contributed by atoms with Crippen LogP contribution in [0, 0.1) is 5.41 Å². The average molecular weight is 309 g/mol. The third kappa shape index (κ3) is 2.23. The highest BCUT2D eigenvalue weighted by Crippen LogP contribution is 2.30. The van der Waals surface area contributed by atoms with E-state index in [2.05, 4.69) is 4.98 Å². The molecule has 0 aromatic carbocycles. The molecule has 2 aliphatic rings. The molecule has 1 aromatic heterocycles. The van der Waals surface area contributed by atoms with E-state index in [4.69, 9.17) is 0 Å². The van der Waals surface area contributed by atoms with Gasteiger partial charge in [-0.1, -0.05) is 11.8 Å². The van der Waals surface area contributed by atoms with Crippen LogP contribution in [0.4, 0.5) is 0 Å². The number of fused-ring (bicyclic) bond motifs is 1. The van der Waals surface area contributed by atoms with E-state index >= 15 is 0 Å². The van der Waals surface area contributed by atoms with Crippen molar-refractivity contribution in [2.24, 2.45) is 5.41 Å².